The predicted molar refractivity (Wildman–Crippen MR) is 100 cm³/mol. The SMILES string of the molecule is CCC.CCC(=O)OC1COC(COC(=O)CC(C)C)C2OC(C)(C)OC12. The van der Waals surface area contributed by atoms with Crippen LogP contribution in [0, 0.1) is 5.92 Å². The Morgan fingerprint density at radius 1 is 1.07 bits per heavy atom. The van der Waals surface area contributed by atoms with Crippen LogP contribution in [0.25, 0.3) is 0 Å². The van der Waals surface area contributed by atoms with Crippen LogP contribution >= 0.6 is 0 Å². The fourth-order valence-electron chi connectivity index (χ4n) is 2.86. The third-order valence-corrected chi connectivity index (χ3v) is 3.93. The highest BCUT2D eigenvalue weighted by atomic mass is 16.8. The molecule has 0 aromatic rings. The summed E-state index contributed by atoms with van der Waals surface area (Å²) in [6, 6.07) is 0. The average Bonchev–Trinajstić information content (AvgIpc) is 2.89. The van der Waals surface area contributed by atoms with Crippen LogP contribution in [0.4, 0.5) is 0 Å². The molecule has 0 radical (unpaired) electrons. The summed E-state index contributed by atoms with van der Waals surface area (Å²) in [6.07, 6.45) is 0.0547. The van der Waals surface area contributed by atoms with Gasteiger partial charge in [-0.3, -0.25) is 9.59 Å². The summed E-state index contributed by atoms with van der Waals surface area (Å²) in [5.74, 6) is -1.14. The zero-order chi connectivity index (χ0) is 20.6. The molecule has 2 rings (SSSR count). The standard InChI is InChI=1S/C17H28O7.C3H8/c1-6-13(18)22-12-9-20-11(8-21-14(19)7-10(2)3)15-16(12)24-17(4,5)23-15;1-3-2/h10-12,15-16H,6-9H2,1-5H3;3H2,1-2H3. The molecule has 0 saturated carbocycles. The average molecular weight is 389 g/mol. The lowest BCUT2D eigenvalue weighted by Gasteiger charge is -2.36. The largest absolute Gasteiger partial charge is 0.463 e. The molecule has 0 aromatic heterocycles. The van der Waals surface area contributed by atoms with Crippen LogP contribution in [0.15, 0.2) is 0 Å². The second-order valence-corrected chi connectivity index (χ2v) is 7.81. The van der Waals surface area contributed by atoms with Crippen molar-refractivity contribution < 1.29 is 33.3 Å². The molecule has 0 amide bonds. The maximum atomic E-state index is 11.7. The molecule has 0 spiro atoms. The van der Waals surface area contributed by atoms with Gasteiger partial charge in [0, 0.05) is 12.8 Å². The first-order chi connectivity index (χ1) is 12.6. The number of rotatable bonds is 6. The number of fused-ring (bicyclic) bond motifs is 1. The third-order valence-electron chi connectivity index (χ3n) is 3.93. The van der Waals surface area contributed by atoms with Crippen LogP contribution in [0.1, 0.15) is 67.7 Å². The highest BCUT2D eigenvalue weighted by molar-refractivity contribution is 5.69. The van der Waals surface area contributed by atoms with Gasteiger partial charge in [-0.15, -0.1) is 0 Å². The minimum atomic E-state index is -0.805. The van der Waals surface area contributed by atoms with Crippen molar-refractivity contribution >= 4 is 11.9 Å². The van der Waals surface area contributed by atoms with E-state index in [1.54, 1.807) is 20.8 Å². The molecule has 7 heteroatoms. The second-order valence-electron chi connectivity index (χ2n) is 7.81. The Morgan fingerprint density at radius 2 is 1.67 bits per heavy atom. The molecule has 2 aliphatic heterocycles. The Hall–Kier alpha value is -1.18. The first-order valence-electron chi connectivity index (χ1n) is 9.95. The van der Waals surface area contributed by atoms with Gasteiger partial charge in [-0.1, -0.05) is 41.0 Å². The highest BCUT2D eigenvalue weighted by Crippen LogP contribution is 2.36. The van der Waals surface area contributed by atoms with Crippen LogP contribution in [-0.4, -0.2) is 55.4 Å². The molecule has 0 aliphatic carbocycles. The van der Waals surface area contributed by atoms with Gasteiger partial charge in [0.2, 0.25) is 0 Å². The van der Waals surface area contributed by atoms with E-state index in [0.717, 1.165) is 0 Å². The summed E-state index contributed by atoms with van der Waals surface area (Å²) in [5, 5.41) is 0. The van der Waals surface area contributed by atoms with Gasteiger partial charge >= 0.3 is 11.9 Å². The molecule has 2 heterocycles. The van der Waals surface area contributed by atoms with Crippen LogP contribution in [0.5, 0.6) is 0 Å². The van der Waals surface area contributed by atoms with Crippen molar-refractivity contribution in [3.63, 3.8) is 0 Å². The Balaban J connectivity index is 0.00000114. The Kier molecular flexibility index (Phi) is 9.70. The van der Waals surface area contributed by atoms with Crippen LogP contribution in [0.2, 0.25) is 0 Å². The predicted octanol–water partition coefficient (Wildman–Crippen LogP) is 3.23. The molecule has 0 N–H and O–H groups in total. The van der Waals surface area contributed by atoms with Gasteiger partial charge in [0.15, 0.2) is 11.9 Å². The van der Waals surface area contributed by atoms with Gasteiger partial charge in [-0.2, -0.15) is 0 Å². The van der Waals surface area contributed by atoms with Gasteiger partial charge in [-0.05, 0) is 19.8 Å². The summed E-state index contributed by atoms with van der Waals surface area (Å²) in [5.41, 5.74) is 0. The molecule has 2 saturated heterocycles. The molecule has 2 fully saturated rings. The van der Waals surface area contributed by atoms with E-state index in [0.29, 0.717) is 6.42 Å². The fraction of sp³-hybridized carbons (Fsp3) is 0.900. The topological polar surface area (TPSA) is 80.3 Å². The number of carbonyl (C=O) groups is 2. The van der Waals surface area contributed by atoms with Crippen molar-refractivity contribution in [3.8, 4) is 0 Å². The van der Waals surface area contributed by atoms with Crippen LogP contribution < -0.4 is 0 Å². The molecule has 0 bridgehead atoms. The Bertz CT molecular complexity index is 475. The van der Waals surface area contributed by atoms with E-state index in [9.17, 15) is 9.59 Å². The first-order valence-corrected chi connectivity index (χ1v) is 9.95. The van der Waals surface area contributed by atoms with E-state index in [4.69, 9.17) is 23.7 Å². The highest BCUT2D eigenvalue weighted by Gasteiger charge is 2.53. The summed E-state index contributed by atoms with van der Waals surface area (Å²) in [4.78, 5) is 23.3. The quantitative estimate of drug-likeness (QED) is 0.646. The summed E-state index contributed by atoms with van der Waals surface area (Å²) < 4.78 is 28.2. The van der Waals surface area contributed by atoms with Crippen molar-refractivity contribution in [2.24, 2.45) is 5.92 Å². The summed E-state index contributed by atoms with van der Waals surface area (Å²) >= 11 is 0. The van der Waals surface area contributed by atoms with Crippen molar-refractivity contribution in [1.82, 2.24) is 0 Å². The van der Waals surface area contributed by atoms with Crippen molar-refractivity contribution in [2.45, 2.75) is 97.9 Å². The van der Waals surface area contributed by atoms with Crippen molar-refractivity contribution in [2.75, 3.05) is 13.2 Å². The maximum Gasteiger partial charge on any atom is 0.306 e. The van der Waals surface area contributed by atoms with E-state index in [-0.39, 0.29) is 37.5 Å². The first kappa shape index (κ1) is 23.9. The van der Waals surface area contributed by atoms with Crippen molar-refractivity contribution in [3.05, 3.63) is 0 Å². The van der Waals surface area contributed by atoms with Gasteiger partial charge in [0.25, 0.3) is 0 Å². The van der Waals surface area contributed by atoms with E-state index < -0.39 is 30.2 Å². The minimum Gasteiger partial charge on any atom is -0.463 e. The van der Waals surface area contributed by atoms with E-state index in [1.807, 2.05) is 13.8 Å². The van der Waals surface area contributed by atoms with Crippen molar-refractivity contribution in [1.29, 1.82) is 0 Å². The summed E-state index contributed by atoms with van der Waals surface area (Å²) in [6.45, 7) is 13.8. The zero-order valence-electron chi connectivity index (χ0n) is 17.8. The number of esters is 2. The Morgan fingerprint density at radius 3 is 2.22 bits per heavy atom. The fourth-order valence-corrected chi connectivity index (χ4v) is 2.86. The third kappa shape index (κ3) is 7.76. The lowest BCUT2D eigenvalue weighted by Crippen LogP contribution is -2.54. The van der Waals surface area contributed by atoms with Crippen LogP contribution in [-0.2, 0) is 33.3 Å². The van der Waals surface area contributed by atoms with Crippen LogP contribution in [0.3, 0.4) is 0 Å². The molecule has 7 nitrogen and oxygen atoms in total. The maximum absolute atomic E-state index is 11.7. The molecular weight excluding hydrogens is 352 g/mol. The lowest BCUT2D eigenvalue weighted by molar-refractivity contribution is -0.189. The van der Waals surface area contributed by atoms with E-state index in [1.165, 1.54) is 6.42 Å². The Labute approximate surface area is 163 Å². The molecular formula is C20H36O7. The number of carbonyl (C=O) groups excluding carboxylic acids is 2. The lowest BCUT2D eigenvalue weighted by atomic mass is 10.0. The van der Waals surface area contributed by atoms with E-state index >= 15 is 0 Å². The van der Waals surface area contributed by atoms with Gasteiger partial charge in [0.1, 0.15) is 24.9 Å². The second kappa shape index (κ2) is 11.0. The molecule has 158 valence electrons. The molecule has 27 heavy (non-hydrogen) atoms. The monoisotopic (exact) mass is 388 g/mol. The smallest absolute Gasteiger partial charge is 0.306 e. The molecule has 4 atom stereocenters. The van der Waals surface area contributed by atoms with Gasteiger partial charge in [0.05, 0.1) is 6.61 Å². The van der Waals surface area contributed by atoms with Gasteiger partial charge < -0.3 is 23.7 Å². The molecule has 0 aromatic carbocycles. The van der Waals surface area contributed by atoms with E-state index in [2.05, 4.69) is 13.8 Å². The molecule has 2 aliphatic rings. The number of ether oxygens (including phenoxy) is 5. The molecule has 4 unspecified atom stereocenters. The zero-order valence-corrected chi connectivity index (χ0v) is 17.8. The number of hydrogen-bond acceptors (Lipinski definition) is 7. The van der Waals surface area contributed by atoms with Gasteiger partial charge in [-0.25, -0.2) is 0 Å². The summed E-state index contributed by atoms with van der Waals surface area (Å²) in [7, 11) is 0. The number of hydrogen-bond donors (Lipinski definition) is 0. The minimum absolute atomic E-state index is 0.0978. The normalized spacial score (nSPS) is 28.7.